The zero-order valence-corrected chi connectivity index (χ0v) is 16.1. The van der Waals surface area contributed by atoms with E-state index in [-0.39, 0.29) is 11.7 Å². The molecule has 1 fully saturated rings. The van der Waals surface area contributed by atoms with Gasteiger partial charge in [-0.2, -0.15) is 0 Å². The van der Waals surface area contributed by atoms with Crippen LogP contribution in [0.3, 0.4) is 0 Å². The Morgan fingerprint density at radius 2 is 2.24 bits per heavy atom. The molecular formula is C22H32O3. The van der Waals surface area contributed by atoms with Gasteiger partial charge in [0.1, 0.15) is 17.6 Å². The Labute approximate surface area is 152 Å². The normalized spacial score (nSPS) is 27.8. The van der Waals surface area contributed by atoms with Crippen LogP contribution in [-0.4, -0.2) is 24.4 Å². The SMILES string of the molecule is CCCC1(C)OC1CC/C(C)=C/CCOc1ccc2c(c1)OC(C)C2. The smallest absolute Gasteiger partial charge is 0.126 e. The van der Waals surface area contributed by atoms with Gasteiger partial charge in [0.2, 0.25) is 0 Å². The maximum absolute atomic E-state index is 5.87. The molecule has 1 aromatic rings. The van der Waals surface area contributed by atoms with Gasteiger partial charge in [0, 0.05) is 12.5 Å². The first-order chi connectivity index (χ1) is 12.0. The Bertz CT molecular complexity index is 622. The van der Waals surface area contributed by atoms with E-state index in [2.05, 4.69) is 45.9 Å². The first-order valence-electron chi connectivity index (χ1n) is 9.76. The van der Waals surface area contributed by atoms with Crippen molar-refractivity contribution in [2.75, 3.05) is 6.61 Å². The van der Waals surface area contributed by atoms with Crippen molar-refractivity contribution in [1.82, 2.24) is 0 Å². The molecular weight excluding hydrogens is 312 g/mol. The molecule has 0 aliphatic carbocycles. The second kappa shape index (κ2) is 7.82. The summed E-state index contributed by atoms with van der Waals surface area (Å²) in [6.07, 6.45) is 9.62. The van der Waals surface area contributed by atoms with E-state index in [0.717, 1.165) is 37.2 Å². The van der Waals surface area contributed by atoms with Gasteiger partial charge >= 0.3 is 0 Å². The van der Waals surface area contributed by atoms with Crippen molar-refractivity contribution >= 4 is 0 Å². The van der Waals surface area contributed by atoms with Crippen LogP contribution in [-0.2, 0) is 11.2 Å². The average molecular weight is 344 g/mol. The van der Waals surface area contributed by atoms with E-state index in [1.807, 2.05) is 6.07 Å². The monoisotopic (exact) mass is 344 g/mol. The van der Waals surface area contributed by atoms with Crippen molar-refractivity contribution in [2.45, 2.75) is 84.0 Å². The number of allylic oxidation sites excluding steroid dienone is 1. The third kappa shape index (κ3) is 4.78. The van der Waals surface area contributed by atoms with Crippen LogP contribution < -0.4 is 9.47 Å². The molecule has 0 amide bonds. The molecule has 1 saturated heterocycles. The van der Waals surface area contributed by atoms with Gasteiger partial charge in [0.05, 0.1) is 18.3 Å². The van der Waals surface area contributed by atoms with E-state index in [1.165, 1.54) is 24.0 Å². The molecule has 0 bridgehead atoms. The largest absolute Gasteiger partial charge is 0.493 e. The van der Waals surface area contributed by atoms with Crippen LogP contribution in [0.1, 0.15) is 65.4 Å². The van der Waals surface area contributed by atoms with Gasteiger partial charge in [-0.1, -0.05) is 31.1 Å². The Balaban J connectivity index is 1.35. The third-order valence-electron chi connectivity index (χ3n) is 5.34. The second-order valence-corrected chi connectivity index (χ2v) is 7.80. The minimum Gasteiger partial charge on any atom is -0.493 e. The zero-order valence-electron chi connectivity index (χ0n) is 16.1. The summed E-state index contributed by atoms with van der Waals surface area (Å²) in [4.78, 5) is 0. The predicted octanol–water partition coefficient (Wildman–Crippen LogP) is 5.46. The van der Waals surface area contributed by atoms with Crippen LogP contribution in [0, 0.1) is 0 Å². The van der Waals surface area contributed by atoms with Gasteiger partial charge < -0.3 is 14.2 Å². The minimum absolute atomic E-state index is 0.158. The molecule has 0 saturated carbocycles. The fourth-order valence-corrected chi connectivity index (χ4v) is 3.79. The van der Waals surface area contributed by atoms with Gasteiger partial charge in [0.15, 0.2) is 0 Å². The molecule has 3 atom stereocenters. The van der Waals surface area contributed by atoms with E-state index >= 15 is 0 Å². The summed E-state index contributed by atoms with van der Waals surface area (Å²) in [5.74, 6) is 1.89. The lowest BCUT2D eigenvalue weighted by atomic mass is 9.97. The number of epoxide rings is 1. The van der Waals surface area contributed by atoms with E-state index in [1.54, 1.807) is 0 Å². The lowest BCUT2D eigenvalue weighted by molar-refractivity contribution is 0.252. The summed E-state index contributed by atoms with van der Waals surface area (Å²) >= 11 is 0. The summed E-state index contributed by atoms with van der Waals surface area (Å²) in [5, 5.41) is 0. The van der Waals surface area contributed by atoms with Crippen molar-refractivity contribution < 1.29 is 14.2 Å². The number of fused-ring (bicyclic) bond motifs is 1. The van der Waals surface area contributed by atoms with Crippen molar-refractivity contribution in [3.05, 3.63) is 35.4 Å². The molecule has 0 N–H and O–H groups in total. The maximum Gasteiger partial charge on any atom is 0.126 e. The fourth-order valence-electron chi connectivity index (χ4n) is 3.79. The topological polar surface area (TPSA) is 31.0 Å². The minimum atomic E-state index is 0.158. The summed E-state index contributed by atoms with van der Waals surface area (Å²) in [5.41, 5.74) is 2.88. The van der Waals surface area contributed by atoms with Crippen LogP contribution in [0.25, 0.3) is 0 Å². The Morgan fingerprint density at radius 3 is 3.04 bits per heavy atom. The highest BCUT2D eigenvalue weighted by Gasteiger charge is 2.50. The number of hydrogen-bond acceptors (Lipinski definition) is 3. The van der Waals surface area contributed by atoms with Gasteiger partial charge in [-0.15, -0.1) is 0 Å². The summed E-state index contributed by atoms with van der Waals surface area (Å²) in [6, 6.07) is 6.20. The summed E-state index contributed by atoms with van der Waals surface area (Å²) in [6.45, 7) is 9.49. The standard InChI is InChI=1S/C22H32O3/c1-5-12-22(4)21(25-22)11-8-16(2)7-6-13-23-19-10-9-18-14-17(3)24-20(18)15-19/h7,9-10,15,17,21H,5-6,8,11-14H2,1-4H3/b16-7+. The Hall–Kier alpha value is -1.48. The molecule has 0 spiro atoms. The van der Waals surface area contributed by atoms with Crippen molar-refractivity contribution in [3.63, 3.8) is 0 Å². The first-order valence-corrected chi connectivity index (χ1v) is 9.76. The predicted molar refractivity (Wildman–Crippen MR) is 102 cm³/mol. The highest BCUT2D eigenvalue weighted by atomic mass is 16.6. The molecule has 2 heterocycles. The van der Waals surface area contributed by atoms with Crippen molar-refractivity contribution in [3.8, 4) is 11.5 Å². The quantitative estimate of drug-likeness (QED) is 0.338. The van der Waals surface area contributed by atoms with Gasteiger partial charge in [0.25, 0.3) is 0 Å². The zero-order chi connectivity index (χ0) is 17.9. The first kappa shape index (κ1) is 18.3. The Kier molecular flexibility index (Phi) is 5.73. The number of rotatable bonds is 9. The molecule has 3 rings (SSSR count). The lowest BCUT2D eigenvalue weighted by Crippen LogP contribution is -2.09. The molecule has 25 heavy (non-hydrogen) atoms. The molecule has 0 radical (unpaired) electrons. The van der Waals surface area contributed by atoms with Gasteiger partial charge in [-0.25, -0.2) is 0 Å². The highest BCUT2D eigenvalue weighted by molar-refractivity contribution is 5.43. The van der Waals surface area contributed by atoms with Crippen molar-refractivity contribution in [2.24, 2.45) is 0 Å². The number of ether oxygens (including phenoxy) is 3. The third-order valence-corrected chi connectivity index (χ3v) is 5.34. The molecule has 138 valence electrons. The summed E-state index contributed by atoms with van der Waals surface area (Å²) < 4.78 is 17.5. The maximum atomic E-state index is 5.87. The van der Waals surface area contributed by atoms with Crippen LogP contribution in [0.2, 0.25) is 0 Å². The van der Waals surface area contributed by atoms with E-state index in [9.17, 15) is 0 Å². The molecule has 0 aromatic heterocycles. The summed E-state index contributed by atoms with van der Waals surface area (Å²) in [7, 11) is 0. The van der Waals surface area contributed by atoms with Gasteiger partial charge in [-0.05, 0) is 58.1 Å². The van der Waals surface area contributed by atoms with Crippen LogP contribution in [0.4, 0.5) is 0 Å². The molecule has 1 aromatic carbocycles. The fraction of sp³-hybridized carbons (Fsp3) is 0.636. The number of hydrogen-bond donors (Lipinski definition) is 0. The van der Waals surface area contributed by atoms with E-state index < -0.39 is 0 Å². The molecule has 3 heteroatoms. The molecule has 3 unspecified atom stereocenters. The van der Waals surface area contributed by atoms with Crippen LogP contribution in [0.5, 0.6) is 11.5 Å². The highest BCUT2D eigenvalue weighted by Crippen LogP contribution is 2.43. The van der Waals surface area contributed by atoms with Crippen LogP contribution >= 0.6 is 0 Å². The van der Waals surface area contributed by atoms with E-state index in [0.29, 0.717) is 12.7 Å². The Morgan fingerprint density at radius 1 is 1.40 bits per heavy atom. The van der Waals surface area contributed by atoms with Gasteiger partial charge in [-0.3, -0.25) is 0 Å². The molecule has 2 aliphatic heterocycles. The number of benzene rings is 1. The second-order valence-electron chi connectivity index (χ2n) is 7.80. The average Bonchev–Trinajstić information content (AvgIpc) is 3.05. The van der Waals surface area contributed by atoms with Crippen molar-refractivity contribution in [1.29, 1.82) is 0 Å². The molecule has 3 nitrogen and oxygen atoms in total. The molecule has 2 aliphatic rings. The van der Waals surface area contributed by atoms with E-state index in [4.69, 9.17) is 14.2 Å². The lowest BCUT2D eigenvalue weighted by Gasteiger charge is -2.08. The van der Waals surface area contributed by atoms with Crippen LogP contribution in [0.15, 0.2) is 29.8 Å².